The molecule has 1 saturated heterocycles. The highest BCUT2D eigenvalue weighted by molar-refractivity contribution is 6.74. The molecular formula is C16H26FN5O4Si. The van der Waals surface area contributed by atoms with Crippen LogP contribution in [0.4, 0.5) is 10.3 Å². The second kappa shape index (κ2) is 6.65. The van der Waals surface area contributed by atoms with Gasteiger partial charge in [-0.25, -0.2) is 9.37 Å². The van der Waals surface area contributed by atoms with Crippen LogP contribution >= 0.6 is 0 Å². The van der Waals surface area contributed by atoms with Crippen LogP contribution in [0.25, 0.3) is 11.2 Å². The minimum atomic E-state index is -2.30. The monoisotopic (exact) mass is 399 g/mol. The highest BCUT2D eigenvalue weighted by Crippen LogP contribution is 2.42. The minimum absolute atomic E-state index is 0.0364. The summed E-state index contributed by atoms with van der Waals surface area (Å²) in [5.74, 6) is -0.101. The van der Waals surface area contributed by atoms with Crippen molar-refractivity contribution in [2.75, 3.05) is 12.3 Å². The number of hydrogen-bond acceptors (Lipinski definition) is 7. The number of fused-ring (bicyclic) bond motifs is 1. The number of rotatable bonds is 4. The van der Waals surface area contributed by atoms with Crippen molar-refractivity contribution in [2.24, 2.45) is 0 Å². The van der Waals surface area contributed by atoms with Crippen molar-refractivity contribution in [3.63, 3.8) is 0 Å². The van der Waals surface area contributed by atoms with Crippen LogP contribution in [0.1, 0.15) is 27.0 Å². The standard InChI is InChI=1S/C16H26FN5O4Si/c1-16(2,3)27(4,5)26-11-8(6-23)25-14(9(11)17)22-7-19-10-12(22)20-15(18)21-13(10)24/h7-9,11,14,23H,6H2,1-5H3,(H3,18,20,21,24)/t8-,9+,11-,14-/m1/s1. The molecule has 1 aliphatic rings. The fraction of sp³-hybridized carbons (Fsp3) is 0.688. The number of anilines is 1. The van der Waals surface area contributed by atoms with E-state index in [4.69, 9.17) is 14.9 Å². The van der Waals surface area contributed by atoms with E-state index in [9.17, 15) is 9.90 Å². The van der Waals surface area contributed by atoms with E-state index >= 15 is 4.39 Å². The lowest BCUT2D eigenvalue weighted by atomic mass is 10.1. The number of aliphatic hydroxyl groups excluding tert-OH is 1. The van der Waals surface area contributed by atoms with E-state index in [-0.39, 0.29) is 28.8 Å². The average molecular weight is 399 g/mol. The third kappa shape index (κ3) is 3.40. The van der Waals surface area contributed by atoms with Crippen molar-refractivity contribution < 1.29 is 18.7 Å². The Morgan fingerprint density at radius 2 is 2.15 bits per heavy atom. The summed E-state index contributed by atoms with van der Waals surface area (Å²) in [6, 6.07) is 0. The van der Waals surface area contributed by atoms with Crippen LogP contribution in [0.15, 0.2) is 11.1 Å². The maximum Gasteiger partial charge on any atom is 0.280 e. The fourth-order valence-electron chi connectivity index (χ4n) is 2.85. The van der Waals surface area contributed by atoms with E-state index < -0.39 is 38.5 Å². The summed E-state index contributed by atoms with van der Waals surface area (Å²) >= 11 is 0. The van der Waals surface area contributed by atoms with E-state index in [0.717, 1.165) is 0 Å². The molecule has 3 rings (SSSR count). The number of imidazole rings is 1. The molecule has 1 aliphatic heterocycles. The Bertz CT molecular complexity index is 893. The highest BCUT2D eigenvalue weighted by Gasteiger charge is 2.51. The topological polar surface area (TPSA) is 128 Å². The quantitative estimate of drug-likeness (QED) is 0.661. The normalized spacial score (nSPS) is 26.8. The van der Waals surface area contributed by atoms with E-state index in [1.54, 1.807) is 0 Å². The molecule has 9 nitrogen and oxygen atoms in total. The van der Waals surface area contributed by atoms with Gasteiger partial charge in [0, 0.05) is 0 Å². The van der Waals surface area contributed by atoms with Gasteiger partial charge >= 0.3 is 0 Å². The molecule has 4 N–H and O–H groups in total. The fourth-order valence-corrected chi connectivity index (χ4v) is 4.17. The molecule has 2 aromatic rings. The molecule has 4 atom stereocenters. The molecule has 0 saturated carbocycles. The molecule has 0 aromatic carbocycles. The molecular weight excluding hydrogens is 373 g/mol. The van der Waals surface area contributed by atoms with Crippen LogP contribution < -0.4 is 11.3 Å². The molecule has 0 bridgehead atoms. The van der Waals surface area contributed by atoms with Gasteiger partial charge in [0.15, 0.2) is 31.9 Å². The summed E-state index contributed by atoms with van der Waals surface area (Å²) < 4.78 is 28.6. The molecule has 0 aliphatic carbocycles. The molecule has 3 heterocycles. The number of aromatic amines is 1. The van der Waals surface area contributed by atoms with Gasteiger partial charge in [0.1, 0.15) is 12.2 Å². The van der Waals surface area contributed by atoms with Gasteiger partial charge in [-0.1, -0.05) is 20.8 Å². The largest absolute Gasteiger partial charge is 0.408 e. The molecule has 2 aromatic heterocycles. The number of alkyl halides is 1. The van der Waals surface area contributed by atoms with Gasteiger partial charge < -0.3 is 20.0 Å². The van der Waals surface area contributed by atoms with Crippen molar-refractivity contribution in [3.05, 3.63) is 16.7 Å². The third-order valence-electron chi connectivity index (χ3n) is 5.41. The van der Waals surface area contributed by atoms with Gasteiger partial charge in [0.25, 0.3) is 5.56 Å². The lowest BCUT2D eigenvalue weighted by molar-refractivity contribution is -0.0445. The number of ether oxygens (including phenoxy) is 1. The van der Waals surface area contributed by atoms with Crippen LogP contribution in [-0.2, 0) is 9.16 Å². The van der Waals surface area contributed by atoms with E-state index in [0.29, 0.717) is 0 Å². The Hall–Kier alpha value is -1.82. The zero-order valence-electron chi connectivity index (χ0n) is 16.1. The molecule has 11 heteroatoms. The first-order valence-electron chi connectivity index (χ1n) is 8.77. The zero-order valence-corrected chi connectivity index (χ0v) is 17.1. The molecule has 0 amide bonds. The summed E-state index contributed by atoms with van der Waals surface area (Å²) in [5, 5.41) is 9.57. The van der Waals surface area contributed by atoms with Crippen molar-refractivity contribution >= 4 is 25.4 Å². The SMILES string of the molecule is CC(C)(C)[Si](C)(C)O[C@H]1[C@H](F)[C@H](n2cnc3c(=O)[nH]c(N)nc32)O[C@@H]1CO. The second-order valence-electron chi connectivity index (χ2n) is 8.31. The predicted octanol–water partition coefficient (Wildman–Crippen LogP) is 1.32. The number of nitrogens with zero attached hydrogens (tertiary/aromatic N) is 3. The van der Waals surface area contributed by atoms with Crippen LogP contribution in [0, 0.1) is 0 Å². The Kier molecular flexibility index (Phi) is 4.91. The van der Waals surface area contributed by atoms with E-state index in [1.807, 2.05) is 13.1 Å². The van der Waals surface area contributed by atoms with Gasteiger partial charge in [0.05, 0.1) is 12.9 Å². The Balaban J connectivity index is 1.97. The lowest BCUT2D eigenvalue weighted by Gasteiger charge is -2.39. The molecule has 0 unspecified atom stereocenters. The number of halogens is 1. The van der Waals surface area contributed by atoms with Crippen molar-refractivity contribution in [1.82, 2.24) is 19.5 Å². The van der Waals surface area contributed by atoms with E-state index in [1.165, 1.54) is 10.9 Å². The zero-order chi connectivity index (χ0) is 20.1. The molecule has 27 heavy (non-hydrogen) atoms. The van der Waals surface area contributed by atoms with Crippen LogP contribution in [0.3, 0.4) is 0 Å². The van der Waals surface area contributed by atoms with Gasteiger partial charge in [-0.2, -0.15) is 4.98 Å². The van der Waals surface area contributed by atoms with Gasteiger partial charge in [-0.15, -0.1) is 0 Å². The number of nitrogens with two attached hydrogens (primary N) is 1. The van der Waals surface area contributed by atoms with Crippen LogP contribution in [0.2, 0.25) is 18.1 Å². The molecule has 0 radical (unpaired) electrons. The van der Waals surface area contributed by atoms with Gasteiger partial charge in [-0.05, 0) is 18.1 Å². The average Bonchev–Trinajstić information content (AvgIpc) is 3.08. The number of aliphatic hydroxyl groups is 1. The Morgan fingerprint density at radius 3 is 2.74 bits per heavy atom. The van der Waals surface area contributed by atoms with Crippen molar-refractivity contribution in [3.8, 4) is 0 Å². The highest BCUT2D eigenvalue weighted by atomic mass is 28.4. The molecule has 0 spiro atoms. The first-order chi connectivity index (χ1) is 12.5. The number of nitrogens with one attached hydrogen (secondary N) is 1. The minimum Gasteiger partial charge on any atom is -0.408 e. The summed E-state index contributed by atoms with van der Waals surface area (Å²) in [5.41, 5.74) is 5.24. The summed E-state index contributed by atoms with van der Waals surface area (Å²) in [6.07, 6.45) is -3.19. The van der Waals surface area contributed by atoms with Crippen LogP contribution in [0.5, 0.6) is 0 Å². The first-order valence-corrected chi connectivity index (χ1v) is 11.7. The number of hydrogen-bond donors (Lipinski definition) is 3. The van der Waals surface area contributed by atoms with Crippen molar-refractivity contribution in [2.45, 2.75) is 63.5 Å². The van der Waals surface area contributed by atoms with Crippen molar-refractivity contribution in [1.29, 1.82) is 0 Å². The lowest BCUT2D eigenvalue weighted by Crippen LogP contribution is -2.49. The number of nitrogen functional groups attached to an aromatic ring is 1. The number of aromatic nitrogens is 4. The summed E-state index contributed by atoms with van der Waals surface area (Å²) in [7, 11) is -2.30. The summed E-state index contributed by atoms with van der Waals surface area (Å²) in [6.45, 7) is 9.78. The van der Waals surface area contributed by atoms with Gasteiger partial charge in [-0.3, -0.25) is 14.3 Å². The first kappa shape index (κ1) is 19.9. The van der Waals surface area contributed by atoms with E-state index in [2.05, 4.69) is 35.7 Å². The maximum atomic E-state index is 15.4. The third-order valence-corrected chi connectivity index (χ3v) is 9.88. The second-order valence-corrected chi connectivity index (χ2v) is 13.1. The van der Waals surface area contributed by atoms with Gasteiger partial charge in [0.2, 0.25) is 5.95 Å². The smallest absolute Gasteiger partial charge is 0.280 e. The summed E-state index contributed by atoms with van der Waals surface area (Å²) in [4.78, 5) is 22.3. The Morgan fingerprint density at radius 1 is 1.48 bits per heavy atom. The predicted molar refractivity (Wildman–Crippen MR) is 101 cm³/mol. The number of H-pyrrole nitrogens is 1. The Labute approximate surface area is 156 Å². The molecule has 1 fully saturated rings. The maximum absolute atomic E-state index is 15.4. The molecule has 150 valence electrons. The van der Waals surface area contributed by atoms with Crippen LogP contribution in [-0.4, -0.2) is 57.9 Å².